The van der Waals surface area contributed by atoms with Gasteiger partial charge in [0.15, 0.2) is 0 Å². The minimum absolute atomic E-state index is 0.255. The molecule has 1 saturated heterocycles. The number of aliphatic hydroxyl groups is 1. The lowest BCUT2D eigenvalue weighted by Gasteiger charge is -2.29. The molecule has 0 aromatic heterocycles. The number of aliphatic hydroxyl groups excluding tert-OH is 1. The van der Waals surface area contributed by atoms with Crippen LogP contribution in [-0.2, 0) is 11.2 Å². The molecule has 20 heavy (non-hydrogen) atoms. The molecule has 1 atom stereocenters. The van der Waals surface area contributed by atoms with Crippen LogP contribution in [0.4, 0.5) is 0 Å². The summed E-state index contributed by atoms with van der Waals surface area (Å²) < 4.78 is 5.01. The molecule has 108 valence electrons. The summed E-state index contributed by atoms with van der Waals surface area (Å²) >= 11 is 0. The highest BCUT2D eigenvalue weighted by molar-refractivity contribution is 5.92. The van der Waals surface area contributed by atoms with Crippen molar-refractivity contribution in [2.24, 2.45) is 0 Å². The van der Waals surface area contributed by atoms with Gasteiger partial charge in [0.05, 0.1) is 18.3 Å². The number of β-amino-alcohol motifs (C(OH)–C–C–N with tert-alkyl or cyclic N) is 1. The molecule has 1 unspecified atom stereocenters. The first kappa shape index (κ1) is 13.5. The van der Waals surface area contributed by atoms with Crippen LogP contribution in [0, 0.1) is 0 Å². The van der Waals surface area contributed by atoms with Crippen LogP contribution in [0.15, 0.2) is 18.2 Å². The van der Waals surface area contributed by atoms with E-state index in [1.165, 1.54) is 0 Å². The fraction of sp³-hybridized carbons (Fsp3) is 0.533. The molecule has 2 N–H and O–H groups in total. The molecule has 0 spiro atoms. The molecule has 0 saturated carbocycles. The number of nitrogens with one attached hydrogen (secondary N) is 1. The number of hydrogen-bond acceptors (Lipinski definition) is 5. The Hall–Kier alpha value is -1.43. The maximum Gasteiger partial charge on any atom is 0.338 e. The van der Waals surface area contributed by atoms with Gasteiger partial charge in [-0.25, -0.2) is 4.79 Å². The van der Waals surface area contributed by atoms with Crippen molar-refractivity contribution in [2.45, 2.75) is 12.5 Å². The Bertz CT molecular complexity index is 498. The third kappa shape index (κ3) is 2.85. The second-order valence-electron chi connectivity index (χ2n) is 5.37. The number of carbonyl (C=O) groups is 1. The second kappa shape index (κ2) is 5.91. The van der Waals surface area contributed by atoms with Gasteiger partial charge in [-0.05, 0) is 17.2 Å². The Labute approximate surface area is 118 Å². The summed E-state index contributed by atoms with van der Waals surface area (Å²) in [5.74, 6) is -0.255. The van der Waals surface area contributed by atoms with E-state index in [1.54, 1.807) is 6.07 Å². The summed E-state index contributed by atoms with van der Waals surface area (Å²) in [7, 11) is 0. The number of nitrogens with zero attached hydrogens (tertiary/aromatic N) is 1. The lowest BCUT2D eigenvalue weighted by molar-refractivity contribution is 0.0479. The lowest BCUT2D eigenvalue weighted by atomic mass is 9.97. The van der Waals surface area contributed by atoms with Crippen LogP contribution < -0.4 is 5.32 Å². The molecule has 1 fully saturated rings. The first-order chi connectivity index (χ1) is 9.74. The molecule has 0 aliphatic carbocycles. The normalized spacial score (nSPS) is 21.1. The van der Waals surface area contributed by atoms with Crippen molar-refractivity contribution in [3.05, 3.63) is 34.9 Å². The highest BCUT2D eigenvalue weighted by Crippen LogP contribution is 2.22. The Morgan fingerprint density at radius 1 is 1.35 bits per heavy atom. The third-order valence-corrected chi connectivity index (χ3v) is 3.98. The monoisotopic (exact) mass is 276 g/mol. The average molecular weight is 276 g/mol. The van der Waals surface area contributed by atoms with E-state index in [1.807, 2.05) is 12.1 Å². The highest BCUT2D eigenvalue weighted by Gasteiger charge is 2.21. The Morgan fingerprint density at radius 3 is 2.95 bits per heavy atom. The van der Waals surface area contributed by atoms with Crippen LogP contribution in [-0.4, -0.2) is 55.3 Å². The van der Waals surface area contributed by atoms with Crippen LogP contribution in [0.2, 0.25) is 0 Å². The summed E-state index contributed by atoms with van der Waals surface area (Å²) in [6, 6.07) is 5.55. The predicted molar refractivity (Wildman–Crippen MR) is 74.7 cm³/mol. The Balaban J connectivity index is 1.71. The molecule has 5 heteroatoms. The molecule has 5 nitrogen and oxygen atoms in total. The van der Waals surface area contributed by atoms with Gasteiger partial charge >= 0.3 is 5.97 Å². The number of esters is 1. The zero-order valence-corrected chi connectivity index (χ0v) is 11.5. The second-order valence-corrected chi connectivity index (χ2v) is 5.37. The number of carbonyl (C=O) groups excluding carboxylic acids is 1. The van der Waals surface area contributed by atoms with Gasteiger partial charge in [0, 0.05) is 39.1 Å². The van der Waals surface area contributed by atoms with E-state index < -0.39 is 6.10 Å². The maximum atomic E-state index is 11.6. The van der Waals surface area contributed by atoms with Crippen molar-refractivity contribution in [1.29, 1.82) is 0 Å². The minimum atomic E-state index is -0.503. The van der Waals surface area contributed by atoms with Crippen molar-refractivity contribution >= 4 is 5.97 Å². The van der Waals surface area contributed by atoms with Gasteiger partial charge in [-0.3, -0.25) is 4.90 Å². The molecule has 2 aliphatic rings. The van der Waals surface area contributed by atoms with Gasteiger partial charge in [0.2, 0.25) is 0 Å². The number of piperazine rings is 1. The van der Waals surface area contributed by atoms with Gasteiger partial charge < -0.3 is 15.2 Å². The number of ether oxygens (including phenoxy) is 1. The predicted octanol–water partition coefficient (Wildman–Crippen LogP) is 0.338. The fourth-order valence-corrected chi connectivity index (χ4v) is 2.80. The smallest absolute Gasteiger partial charge is 0.338 e. The zero-order chi connectivity index (χ0) is 13.9. The van der Waals surface area contributed by atoms with E-state index in [4.69, 9.17) is 4.74 Å². The summed E-state index contributed by atoms with van der Waals surface area (Å²) in [6.07, 6.45) is 0.228. The van der Waals surface area contributed by atoms with E-state index in [0.29, 0.717) is 18.7 Å². The van der Waals surface area contributed by atoms with Gasteiger partial charge in [0.1, 0.15) is 0 Å². The highest BCUT2D eigenvalue weighted by atomic mass is 16.5. The largest absolute Gasteiger partial charge is 0.462 e. The molecule has 0 amide bonds. The fourth-order valence-electron chi connectivity index (χ4n) is 2.80. The van der Waals surface area contributed by atoms with Crippen LogP contribution >= 0.6 is 0 Å². The average Bonchev–Trinajstić information content (AvgIpc) is 2.48. The van der Waals surface area contributed by atoms with Gasteiger partial charge in [-0.15, -0.1) is 0 Å². The summed E-state index contributed by atoms with van der Waals surface area (Å²) in [5.41, 5.74) is 2.50. The first-order valence-corrected chi connectivity index (χ1v) is 7.15. The summed E-state index contributed by atoms with van der Waals surface area (Å²) in [6.45, 7) is 4.96. The Morgan fingerprint density at radius 2 is 2.15 bits per heavy atom. The lowest BCUT2D eigenvalue weighted by Crippen LogP contribution is -2.44. The standard InChI is InChI=1S/C15H20N2O3/c18-14(10-17-6-4-16-5-7-17)12-1-2-13-11(9-12)3-8-20-15(13)19/h1-2,9,14,16,18H,3-8,10H2. The van der Waals surface area contributed by atoms with Crippen LogP contribution in [0.1, 0.15) is 27.6 Å². The number of hydrogen-bond donors (Lipinski definition) is 2. The van der Waals surface area contributed by atoms with Crippen molar-refractivity contribution in [2.75, 3.05) is 39.3 Å². The number of cyclic esters (lactones) is 1. The number of benzene rings is 1. The van der Waals surface area contributed by atoms with E-state index in [-0.39, 0.29) is 5.97 Å². The van der Waals surface area contributed by atoms with Crippen molar-refractivity contribution in [3.63, 3.8) is 0 Å². The molecular formula is C15H20N2O3. The van der Waals surface area contributed by atoms with E-state index in [9.17, 15) is 9.90 Å². The van der Waals surface area contributed by atoms with Crippen molar-refractivity contribution < 1.29 is 14.6 Å². The minimum Gasteiger partial charge on any atom is -0.462 e. The number of rotatable bonds is 3. The quantitative estimate of drug-likeness (QED) is 0.780. The molecule has 1 aromatic rings. The molecule has 2 heterocycles. The van der Waals surface area contributed by atoms with Gasteiger partial charge in [0.25, 0.3) is 0 Å². The topological polar surface area (TPSA) is 61.8 Å². The van der Waals surface area contributed by atoms with Crippen LogP contribution in [0.25, 0.3) is 0 Å². The molecular weight excluding hydrogens is 256 g/mol. The van der Waals surface area contributed by atoms with Crippen molar-refractivity contribution in [3.8, 4) is 0 Å². The first-order valence-electron chi connectivity index (χ1n) is 7.15. The van der Waals surface area contributed by atoms with Gasteiger partial charge in [-0.1, -0.05) is 12.1 Å². The van der Waals surface area contributed by atoms with Crippen LogP contribution in [0.3, 0.4) is 0 Å². The van der Waals surface area contributed by atoms with E-state index in [0.717, 1.165) is 43.7 Å². The third-order valence-electron chi connectivity index (χ3n) is 3.98. The Kier molecular flexibility index (Phi) is 4.00. The molecule has 2 aliphatic heterocycles. The SMILES string of the molecule is O=C1OCCc2cc(C(O)CN3CCNCC3)ccc21. The summed E-state index contributed by atoms with van der Waals surface area (Å²) in [4.78, 5) is 13.8. The van der Waals surface area contributed by atoms with E-state index >= 15 is 0 Å². The molecule has 0 radical (unpaired) electrons. The molecule has 1 aromatic carbocycles. The maximum absolute atomic E-state index is 11.6. The van der Waals surface area contributed by atoms with Crippen molar-refractivity contribution in [1.82, 2.24) is 10.2 Å². The molecule has 0 bridgehead atoms. The number of fused-ring (bicyclic) bond motifs is 1. The summed E-state index contributed by atoms with van der Waals surface area (Å²) in [5, 5.41) is 13.7. The molecule has 3 rings (SSSR count). The van der Waals surface area contributed by atoms with Crippen LogP contribution in [0.5, 0.6) is 0 Å². The zero-order valence-electron chi connectivity index (χ0n) is 11.5. The van der Waals surface area contributed by atoms with E-state index in [2.05, 4.69) is 10.2 Å². The van der Waals surface area contributed by atoms with Gasteiger partial charge in [-0.2, -0.15) is 0 Å².